The molecule has 0 fully saturated rings. The van der Waals surface area contributed by atoms with Crippen molar-refractivity contribution in [1.82, 2.24) is 0 Å². The zero-order valence-electron chi connectivity index (χ0n) is 24.6. The van der Waals surface area contributed by atoms with Crippen LogP contribution in [0.2, 0.25) is 0 Å². The predicted octanol–water partition coefficient (Wildman–Crippen LogP) is 13.5. The Hall–Kier alpha value is -5.42. The van der Waals surface area contributed by atoms with E-state index in [-0.39, 0.29) is 0 Å². The normalized spacial score (nSPS) is 11.9. The first-order valence-corrected chi connectivity index (χ1v) is 17.1. The van der Waals surface area contributed by atoms with Crippen molar-refractivity contribution in [3.05, 3.63) is 152 Å². The molecule has 46 heavy (non-hydrogen) atoms. The lowest BCUT2D eigenvalue weighted by Gasteiger charge is -2.25. The average Bonchev–Trinajstić information content (AvgIpc) is 3.79. The first kappa shape index (κ1) is 25.9. The fourth-order valence-corrected chi connectivity index (χ4v) is 9.33. The van der Waals surface area contributed by atoms with Crippen LogP contribution in [0.5, 0.6) is 0 Å². The van der Waals surface area contributed by atoms with Gasteiger partial charge in [-0.2, -0.15) is 0 Å². The van der Waals surface area contributed by atoms with Gasteiger partial charge in [-0.25, -0.2) is 0 Å². The number of rotatable bonds is 4. The molecule has 0 aliphatic rings. The zero-order chi connectivity index (χ0) is 30.2. The van der Waals surface area contributed by atoms with Crippen molar-refractivity contribution in [3.8, 4) is 11.1 Å². The third-order valence-electron chi connectivity index (χ3n) is 9.06. The second-order valence-electron chi connectivity index (χ2n) is 11.7. The van der Waals surface area contributed by atoms with E-state index in [4.69, 9.17) is 4.42 Å². The number of para-hydroxylation sites is 1. The molecule has 4 heteroatoms. The molecule has 10 aromatic rings. The maximum atomic E-state index is 6.52. The van der Waals surface area contributed by atoms with Crippen LogP contribution in [-0.2, 0) is 0 Å². The quantitative estimate of drug-likeness (QED) is 0.194. The second-order valence-corrected chi connectivity index (χ2v) is 13.9. The van der Waals surface area contributed by atoms with Gasteiger partial charge in [-0.1, -0.05) is 84.9 Å². The summed E-state index contributed by atoms with van der Waals surface area (Å²) in [7, 11) is 0. The summed E-state index contributed by atoms with van der Waals surface area (Å²) in [6.45, 7) is 0. The fraction of sp³-hybridized carbons (Fsp3) is 0. The highest BCUT2D eigenvalue weighted by molar-refractivity contribution is 7.26. The van der Waals surface area contributed by atoms with E-state index < -0.39 is 0 Å². The molecule has 10 rings (SSSR count). The molecular weight excluding hydrogens is 599 g/mol. The molecule has 0 unspecified atom stereocenters. The molecule has 0 atom stereocenters. The summed E-state index contributed by atoms with van der Waals surface area (Å²) in [4.78, 5) is 2.36. The molecule has 7 aromatic carbocycles. The van der Waals surface area contributed by atoms with E-state index in [0.29, 0.717) is 0 Å². The number of fused-ring (bicyclic) bond motifs is 9. The van der Waals surface area contributed by atoms with Crippen LogP contribution in [0.25, 0.3) is 73.4 Å². The predicted molar refractivity (Wildman–Crippen MR) is 200 cm³/mol. The third-order valence-corrected chi connectivity index (χ3v) is 11.3. The molecule has 0 spiro atoms. The zero-order valence-corrected chi connectivity index (χ0v) is 26.2. The van der Waals surface area contributed by atoms with E-state index in [1.54, 1.807) is 0 Å². The van der Waals surface area contributed by atoms with Gasteiger partial charge in [-0.05, 0) is 77.9 Å². The maximum Gasteiger partial charge on any atom is 0.136 e. The number of benzene rings is 7. The lowest BCUT2D eigenvalue weighted by Crippen LogP contribution is -2.09. The first-order chi connectivity index (χ1) is 22.8. The second kappa shape index (κ2) is 10.0. The van der Waals surface area contributed by atoms with Crippen LogP contribution >= 0.6 is 22.7 Å². The van der Waals surface area contributed by atoms with Gasteiger partial charge < -0.3 is 9.32 Å². The largest absolute Gasteiger partial charge is 0.456 e. The van der Waals surface area contributed by atoms with Crippen molar-refractivity contribution in [2.24, 2.45) is 0 Å². The highest BCUT2D eigenvalue weighted by Gasteiger charge is 2.20. The minimum absolute atomic E-state index is 0.890. The van der Waals surface area contributed by atoms with Gasteiger partial charge in [0.2, 0.25) is 0 Å². The van der Waals surface area contributed by atoms with Crippen molar-refractivity contribution in [3.63, 3.8) is 0 Å². The summed E-state index contributed by atoms with van der Waals surface area (Å²) in [5, 5.41) is 7.48. The Morgan fingerprint density at radius 1 is 0.370 bits per heavy atom. The maximum absolute atomic E-state index is 6.52. The highest BCUT2D eigenvalue weighted by atomic mass is 32.1. The molecule has 2 nitrogen and oxygen atoms in total. The van der Waals surface area contributed by atoms with E-state index >= 15 is 0 Å². The highest BCUT2D eigenvalue weighted by Crippen LogP contribution is 2.46. The van der Waals surface area contributed by atoms with E-state index in [2.05, 4.69) is 157 Å². The van der Waals surface area contributed by atoms with Gasteiger partial charge in [0.1, 0.15) is 11.2 Å². The fourth-order valence-electron chi connectivity index (χ4n) is 7.06. The molecule has 0 saturated carbocycles. The number of anilines is 3. The number of nitrogens with zero attached hydrogens (tertiary/aromatic N) is 1. The van der Waals surface area contributed by atoms with Gasteiger partial charge in [0.05, 0.1) is 0 Å². The third kappa shape index (κ3) is 3.87. The number of hydrogen-bond donors (Lipinski definition) is 0. The van der Waals surface area contributed by atoms with E-state index in [0.717, 1.165) is 39.0 Å². The van der Waals surface area contributed by atoms with Gasteiger partial charge in [-0.15, -0.1) is 22.7 Å². The van der Waals surface area contributed by atoms with E-state index in [1.165, 1.54) is 51.5 Å². The first-order valence-electron chi connectivity index (χ1n) is 15.4. The topological polar surface area (TPSA) is 16.4 Å². The summed E-state index contributed by atoms with van der Waals surface area (Å²) >= 11 is 3.71. The summed E-state index contributed by atoms with van der Waals surface area (Å²) in [5.41, 5.74) is 7.57. The van der Waals surface area contributed by atoms with Crippen LogP contribution in [0.4, 0.5) is 17.1 Å². The van der Waals surface area contributed by atoms with Crippen molar-refractivity contribution in [1.29, 1.82) is 0 Å². The van der Waals surface area contributed by atoms with Crippen molar-refractivity contribution >= 4 is 102 Å². The molecule has 216 valence electrons. The SMILES string of the molecule is c1ccc(N(c2ccc3c(c2)sc2ccccc23)c2ccc3oc4cccc(-c5cccc6sc7ccccc7c56)c4c3c2)cc1. The van der Waals surface area contributed by atoms with Crippen LogP contribution < -0.4 is 4.90 Å². The number of thiophene rings is 2. The molecule has 0 bridgehead atoms. The molecule has 3 heterocycles. The molecular formula is C42H25NOS2. The standard InChI is InChI=1S/C42H25NOS2/c1-2-10-26(11-3-1)43(28-20-22-30-29-12-4-6-17-37(29)46-40(30)25-28)27-21-23-35-34(24-27)41-31(14-8-16-36(41)44-35)32-15-9-19-39-42(32)33-13-5-7-18-38(33)45-39/h1-25H. The molecule has 0 N–H and O–H groups in total. The lowest BCUT2D eigenvalue weighted by molar-refractivity contribution is 0.669. The van der Waals surface area contributed by atoms with Crippen molar-refractivity contribution in [2.75, 3.05) is 4.90 Å². The molecule has 0 aliphatic carbocycles. The van der Waals surface area contributed by atoms with E-state index in [9.17, 15) is 0 Å². The van der Waals surface area contributed by atoms with Gasteiger partial charge in [0.15, 0.2) is 0 Å². The Morgan fingerprint density at radius 2 is 1.00 bits per heavy atom. The van der Waals surface area contributed by atoms with E-state index in [1.807, 2.05) is 22.7 Å². The molecule has 0 saturated heterocycles. The smallest absolute Gasteiger partial charge is 0.136 e. The van der Waals surface area contributed by atoms with Crippen molar-refractivity contribution in [2.45, 2.75) is 0 Å². The molecule has 3 aromatic heterocycles. The van der Waals surface area contributed by atoms with Crippen LogP contribution in [-0.4, -0.2) is 0 Å². The average molecular weight is 624 g/mol. The number of hydrogen-bond acceptors (Lipinski definition) is 4. The minimum atomic E-state index is 0.890. The van der Waals surface area contributed by atoms with Crippen LogP contribution in [0.3, 0.4) is 0 Å². The van der Waals surface area contributed by atoms with Gasteiger partial charge in [0.25, 0.3) is 0 Å². The summed E-state index contributed by atoms with van der Waals surface area (Å²) in [5.74, 6) is 0. The lowest BCUT2D eigenvalue weighted by atomic mass is 9.95. The Bertz CT molecular complexity index is 2770. The monoisotopic (exact) mass is 623 g/mol. The molecule has 0 radical (unpaired) electrons. The van der Waals surface area contributed by atoms with Gasteiger partial charge >= 0.3 is 0 Å². The Morgan fingerprint density at radius 3 is 1.87 bits per heavy atom. The Balaban J connectivity index is 1.21. The summed E-state index contributed by atoms with van der Waals surface area (Å²) in [6, 6.07) is 54.7. The van der Waals surface area contributed by atoms with Crippen LogP contribution in [0.15, 0.2) is 156 Å². The molecule has 0 aliphatic heterocycles. The van der Waals surface area contributed by atoms with Crippen molar-refractivity contribution < 1.29 is 4.42 Å². The number of furan rings is 1. The van der Waals surface area contributed by atoms with Gasteiger partial charge in [0, 0.05) is 68.2 Å². The molecule has 0 amide bonds. The van der Waals surface area contributed by atoms with Gasteiger partial charge in [-0.3, -0.25) is 0 Å². The Labute approximate surface area is 273 Å². The minimum Gasteiger partial charge on any atom is -0.456 e. The Kier molecular flexibility index (Phi) is 5.65. The van der Waals surface area contributed by atoms with Crippen LogP contribution in [0.1, 0.15) is 0 Å². The summed E-state index contributed by atoms with van der Waals surface area (Å²) < 4.78 is 11.7. The summed E-state index contributed by atoms with van der Waals surface area (Å²) in [6.07, 6.45) is 0. The van der Waals surface area contributed by atoms with Crippen LogP contribution in [0, 0.1) is 0 Å².